The van der Waals surface area contributed by atoms with Crippen LogP contribution in [0.25, 0.3) is 0 Å². The second kappa shape index (κ2) is 14.8. The second-order valence-electron chi connectivity index (χ2n) is 12.2. The molecular weight excluding hydrogens is 574 g/mol. The fourth-order valence-corrected chi connectivity index (χ4v) is 8.55. The van der Waals surface area contributed by atoms with E-state index in [1.165, 1.54) is 23.8 Å². The first-order valence-corrected chi connectivity index (χ1v) is 16.9. The van der Waals surface area contributed by atoms with Gasteiger partial charge >= 0.3 is 5.97 Å². The van der Waals surface area contributed by atoms with Crippen LogP contribution in [0.2, 0.25) is 5.02 Å². The molecule has 1 saturated carbocycles. The summed E-state index contributed by atoms with van der Waals surface area (Å²) in [7, 11) is 5.86. The Kier molecular flexibility index (Phi) is 10.9. The van der Waals surface area contributed by atoms with Crippen LogP contribution < -0.4 is 0 Å². The molecule has 0 bridgehead atoms. The van der Waals surface area contributed by atoms with Gasteiger partial charge in [0, 0.05) is 29.1 Å². The molecule has 0 radical (unpaired) electrons. The second-order valence-corrected chi connectivity index (χ2v) is 13.6. The number of hydrogen-bond donors (Lipinski definition) is 0. The third-order valence-electron chi connectivity index (χ3n) is 9.23. The van der Waals surface area contributed by atoms with Gasteiger partial charge in [0.25, 0.3) is 0 Å². The van der Waals surface area contributed by atoms with Crippen LogP contribution in [0.1, 0.15) is 48.4 Å². The van der Waals surface area contributed by atoms with Gasteiger partial charge in [0.1, 0.15) is 0 Å². The largest absolute Gasteiger partial charge is 0.467 e. The number of ether oxygens (including phenoxy) is 1. The molecule has 5 rings (SSSR count). The van der Waals surface area contributed by atoms with Crippen LogP contribution in [0.4, 0.5) is 0 Å². The molecule has 3 aromatic carbocycles. The number of hydrogen-bond acceptors (Lipinski definition) is 6. The summed E-state index contributed by atoms with van der Waals surface area (Å²) in [4.78, 5) is 23.5. The molecule has 1 fully saturated rings. The molecule has 43 heavy (non-hydrogen) atoms. The van der Waals surface area contributed by atoms with Crippen molar-refractivity contribution in [3.05, 3.63) is 107 Å². The van der Waals surface area contributed by atoms with Crippen molar-refractivity contribution in [2.75, 3.05) is 33.5 Å². The molecule has 0 spiro atoms. The minimum absolute atomic E-state index is 0.0266. The molecule has 228 valence electrons. The average molecular weight is 618 g/mol. The maximum absolute atomic E-state index is 13.7. The molecule has 0 aromatic heterocycles. The maximum Gasteiger partial charge on any atom is 0.336 e. The van der Waals surface area contributed by atoms with Crippen LogP contribution in [0, 0.1) is 11.8 Å². The number of esters is 1. The summed E-state index contributed by atoms with van der Waals surface area (Å²) in [5, 5.41) is 0.770. The summed E-state index contributed by atoms with van der Waals surface area (Å²) in [5.41, 5.74) is 2.95. The lowest BCUT2D eigenvalue weighted by atomic mass is 9.70. The number of benzene rings is 3. The number of rotatable bonds is 12. The van der Waals surface area contributed by atoms with Crippen LogP contribution in [-0.2, 0) is 21.7 Å². The average Bonchev–Trinajstić information content (AvgIpc) is 3.41. The van der Waals surface area contributed by atoms with Crippen molar-refractivity contribution in [1.82, 2.24) is 9.80 Å². The Bertz CT molecular complexity index is 1330. The topological polar surface area (TPSA) is 45.1 Å². The molecule has 3 aromatic rings. The van der Waals surface area contributed by atoms with Crippen LogP contribution in [0.5, 0.6) is 0 Å². The molecule has 2 aliphatic rings. The van der Waals surface area contributed by atoms with Gasteiger partial charge in [-0.25, -0.2) is 4.79 Å². The normalized spacial score (nSPS) is 24.3. The van der Waals surface area contributed by atoms with E-state index in [4.69, 9.17) is 21.3 Å². The molecular formula is C36H44ClN3O2S. The lowest BCUT2D eigenvalue weighted by molar-refractivity contribution is -0.148. The Morgan fingerprint density at radius 1 is 0.977 bits per heavy atom. The molecule has 0 N–H and O–H groups in total. The number of aliphatic imine (C=N–C) groups is 1. The Morgan fingerprint density at radius 3 is 2.21 bits per heavy atom. The van der Waals surface area contributed by atoms with Crippen molar-refractivity contribution in [1.29, 1.82) is 0 Å². The van der Waals surface area contributed by atoms with Crippen LogP contribution in [0.15, 0.2) is 89.9 Å². The van der Waals surface area contributed by atoms with Crippen molar-refractivity contribution in [3.63, 3.8) is 0 Å². The molecule has 3 atom stereocenters. The third-order valence-corrected chi connectivity index (χ3v) is 10.7. The molecule has 7 heteroatoms. The monoisotopic (exact) mass is 617 g/mol. The predicted octanol–water partition coefficient (Wildman–Crippen LogP) is 7.55. The minimum Gasteiger partial charge on any atom is -0.467 e. The smallest absolute Gasteiger partial charge is 0.336 e. The maximum atomic E-state index is 13.7. The van der Waals surface area contributed by atoms with E-state index >= 15 is 0 Å². The number of thioether (sulfide) groups is 1. The van der Waals surface area contributed by atoms with Crippen molar-refractivity contribution in [2.45, 2.75) is 55.5 Å². The van der Waals surface area contributed by atoms with Crippen LogP contribution in [0.3, 0.4) is 0 Å². The highest BCUT2D eigenvalue weighted by molar-refractivity contribution is 7.98. The van der Waals surface area contributed by atoms with E-state index in [1.54, 1.807) is 11.8 Å². The fourth-order valence-electron chi connectivity index (χ4n) is 7.22. The van der Waals surface area contributed by atoms with Crippen molar-refractivity contribution >= 4 is 35.7 Å². The first kappa shape index (κ1) is 31.6. The van der Waals surface area contributed by atoms with Crippen molar-refractivity contribution in [3.8, 4) is 0 Å². The Morgan fingerprint density at radius 2 is 1.60 bits per heavy atom. The molecule has 0 amide bonds. The van der Waals surface area contributed by atoms with Gasteiger partial charge in [-0.3, -0.25) is 4.99 Å². The Balaban J connectivity index is 1.36. The Labute approximate surface area is 266 Å². The lowest BCUT2D eigenvalue weighted by Crippen LogP contribution is -2.57. The molecule has 5 nitrogen and oxygen atoms in total. The number of carbonyl (C=O) groups excluding carboxylic acids is 1. The summed E-state index contributed by atoms with van der Waals surface area (Å²) < 4.78 is 5.52. The highest BCUT2D eigenvalue weighted by atomic mass is 35.5. The molecule has 0 saturated heterocycles. The summed E-state index contributed by atoms with van der Waals surface area (Å²) in [5.74, 6) is 2.10. The third kappa shape index (κ3) is 7.47. The summed E-state index contributed by atoms with van der Waals surface area (Å²) in [6, 6.07) is 29.7. The number of methoxy groups -OCH3 is 1. The van der Waals surface area contributed by atoms with E-state index in [1.807, 2.05) is 24.5 Å². The first-order chi connectivity index (χ1) is 20.9. The Hall–Kier alpha value is -2.80. The van der Waals surface area contributed by atoms with E-state index in [-0.39, 0.29) is 12.0 Å². The van der Waals surface area contributed by atoms with Gasteiger partial charge in [-0.1, -0.05) is 84.4 Å². The lowest BCUT2D eigenvalue weighted by Gasteiger charge is -2.44. The molecule has 1 heterocycles. The van der Waals surface area contributed by atoms with Gasteiger partial charge < -0.3 is 14.5 Å². The van der Waals surface area contributed by atoms with Crippen molar-refractivity contribution < 1.29 is 9.53 Å². The molecule has 3 unspecified atom stereocenters. The van der Waals surface area contributed by atoms with Gasteiger partial charge in [0.05, 0.1) is 19.5 Å². The van der Waals surface area contributed by atoms with Gasteiger partial charge in [0.2, 0.25) is 0 Å². The van der Waals surface area contributed by atoms with E-state index in [9.17, 15) is 4.79 Å². The zero-order valence-corrected chi connectivity index (χ0v) is 27.1. The summed E-state index contributed by atoms with van der Waals surface area (Å²) in [6.45, 7) is 0.825. The fraction of sp³-hybridized carbons (Fsp3) is 0.444. The zero-order valence-electron chi connectivity index (χ0n) is 25.6. The molecule has 1 aliphatic heterocycles. The number of nitrogens with zero attached hydrogens (tertiary/aromatic N) is 3. The van der Waals surface area contributed by atoms with Gasteiger partial charge in [0.15, 0.2) is 5.54 Å². The predicted molar refractivity (Wildman–Crippen MR) is 180 cm³/mol. The van der Waals surface area contributed by atoms with E-state index < -0.39 is 5.54 Å². The van der Waals surface area contributed by atoms with E-state index in [0.29, 0.717) is 23.6 Å². The SMILES string of the molecule is COC(=O)C1(CSCc2ccccc2)N=CN(CCc2ccccc2)C1C1CCC(C(c2ccc(Cl)cc2)N(C)C)CC1. The number of halogens is 1. The minimum atomic E-state index is -0.917. The molecule has 1 aliphatic carbocycles. The van der Waals surface area contributed by atoms with Crippen LogP contribution in [-0.4, -0.2) is 67.2 Å². The standard InChI is InChI=1S/C36H44ClN3O2S/c1-39(2)33(30-18-20-32(37)21-19-30)29-14-16-31(17-15-29)34-36(35(41)42-3,25-43-24-28-12-8-5-9-13-28)38-26-40(34)23-22-27-10-6-4-7-11-27/h4-13,18-21,26,29,31,33-34H,14-17,22-25H2,1-3H3. The van der Waals surface area contributed by atoms with Gasteiger partial charge in [-0.05, 0) is 86.9 Å². The highest BCUT2D eigenvalue weighted by Gasteiger charge is 2.55. The first-order valence-electron chi connectivity index (χ1n) is 15.4. The zero-order chi connectivity index (χ0) is 30.2. The van der Waals surface area contributed by atoms with Gasteiger partial charge in [-0.15, -0.1) is 0 Å². The van der Waals surface area contributed by atoms with E-state index in [0.717, 1.165) is 49.4 Å². The van der Waals surface area contributed by atoms with Gasteiger partial charge in [-0.2, -0.15) is 11.8 Å². The highest BCUT2D eigenvalue weighted by Crippen LogP contribution is 2.46. The van der Waals surface area contributed by atoms with Crippen molar-refractivity contribution in [2.24, 2.45) is 16.8 Å². The summed E-state index contributed by atoms with van der Waals surface area (Å²) in [6.07, 6.45) is 7.19. The summed E-state index contributed by atoms with van der Waals surface area (Å²) >= 11 is 8.00. The quantitative estimate of drug-likeness (QED) is 0.196. The number of carbonyl (C=O) groups is 1. The van der Waals surface area contributed by atoms with Crippen LogP contribution >= 0.6 is 23.4 Å². The van der Waals surface area contributed by atoms with E-state index in [2.05, 4.69) is 90.6 Å².